The van der Waals surface area contributed by atoms with Gasteiger partial charge in [-0.3, -0.25) is 9.91 Å². The summed E-state index contributed by atoms with van der Waals surface area (Å²) in [5, 5.41) is 2.21. The summed E-state index contributed by atoms with van der Waals surface area (Å²) >= 11 is 0. The average Bonchev–Trinajstić information content (AvgIpc) is 3.02. The van der Waals surface area contributed by atoms with E-state index in [1.807, 2.05) is 0 Å². The van der Waals surface area contributed by atoms with E-state index in [0.29, 0.717) is 11.3 Å². The predicted octanol–water partition coefficient (Wildman–Crippen LogP) is 2.89. The number of allylic oxidation sites excluding steroid dienone is 1. The van der Waals surface area contributed by atoms with Gasteiger partial charge in [-0.05, 0) is 24.3 Å². The van der Waals surface area contributed by atoms with Gasteiger partial charge in [0.05, 0.1) is 5.70 Å². The van der Waals surface area contributed by atoms with Gasteiger partial charge in [0.2, 0.25) is 0 Å². The molecule has 0 aliphatic carbocycles. The van der Waals surface area contributed by atoms with E-state index in [1.54, 1.807) is 0 Å². The Hall–Kier alpha value is -0.780. The van der Waals surface area contributed by atoms with Crippen LogP contribution in [0.5, 0.6) is 0 Å². The van der Waals surface area contributed by atoms with Crippen molar-refractivity contribution in [2.24, 2.45) is 16.7 Å². The van der Waals surface area contributed by atoms with Gasteiger partial charge in [0.25, 0.3) is 0 Å². The maximum atomic E-state index is 3.42. The first kappa shape index (κ1) is 20.5. The summed E-state index contributed by atoms with van der Waals surface area (Å²) < 4.78 is 0. The normalized spacial score (nSPS) is 21.0. The SMILES string of the molecule is CCN1CCN(CCN2C=C(C(C)(C)CC(C)(C)C(C)C)NN2)CC1. The molecule has 2 aliphatic rings. The van der Waals surface area contributed by atoms with Crippen LogP contribution in [0.4, 0.5) is 0 Å². The van der Waals surface area contributed by atoms with Gasteiger partial charge < -0.3 is 10.3 Å². The minimum absolute atomic E-state index is 0.141. The van der Waals surface area contributed by atoms with E-state index in [9.17, 15) is 0 Å². The topological polar surface area (TPSA) is 33.8 Å². The van der Waals surface area contributed by atoms with Crippen LogP contribution in [0.25, 0.3) is 0 Å². The summed E-state index contributed by atoms with van der Waals surface area (Å²) in [7, 11) is 0. The molecule has 146 valence electrons. The van der Waals surface area contributed by atoms with E-state index in [1.165, 1.54) is 44.8 Å². The number of likely N-dealkylation sites (N-methyl/N-ethyl adjacent to an activating group) is 1. The van der Waals surface area contributed by atoms with Gasteiger partial charge in [-0.1, -0.05) is 48.5 Å². The van der Waals surface area contributed by atoms with Crippen molar-refractivity contribution in [3.63, 3.8) is 0 Å². The Morgan fingerprint density at radius 3 is 2.16 bits per heavy atom. The number of hydrogen-bond acceptors (Lipinski definition) is 5. The Morgan fingerprint density at radius 1 is 1.00 bits per heavy atom. The molecule has 0 atom stereocenters. The van der Waals surface area contributed by atoms with Gasteiger partial charge in [0.15, 0.2) is 0 Å². The van der Waals surface area contributed by atoms with Crippen molar-refractivity contribution < 1.29 is 0 Å². The van der Waals surface area contributed by atoms with Gasteiger partial charge in [0.1, 0.15) is 0 Å². The molecule has 2 heterocycles. The number of hydrogen-bond donors (Lipinski definition) is 2. The summed E-state index contributed by atoms with van der Waals surface area (Å²) in [5.41, 5.74) is 8.54. The summed E-state index contributed by atoms with van der Waals surface area (Å²) in [6, 6.07) is 0. The van der Waals surface area contributed by atoms with Crippen LogP contribution >= 0.6 is 0 Å². The number of piperazine rings is 1. The highest BCUT2D eigenvalue weighted by molar-refractivity contribution is 5.12. The minimum Gasteiger partial charge on any atom is -0.306 e. The molecule has 5 nitrogen and oxygen atoms in total. The predicted molar refractivity (Wildman–Crippen MR) is 107 cm³/mol. The second-order valence-electron chi connectivity index (χ2n) is 9.45. The zero-order valence-corrected chi connectivity index (χ0v) is 17.7. The monoisotopic (exact) mass is 351 g/mol. The first-order valence-corrected chi connectivity index (χ1v) is 10.1. The molecule has 5 heteroatoms. The highest BCUT2D eigenvalue weighted by Crippen LogP contribution is 2.42. The molecule has 25 heavy (non-hydrogen) atoms. The van der Waals surface area contributed by atoms with E-state index in [0.717, 1.165) is 13.1 Å². The van der Waals surface area contributed by atoms with Crippen LogP contribution in [0.2, 0.25) is 0 Å². The van der Waals surface area contributed by atoms with Gasteiger partial charge in [-0.25, -0.2) is 0 Å². The average molecular weight is 352 g/mol. The zero-order valence-electron chi connectivity index (χ0n) is 17.7. The van der Waals surface area contributed by atoms with Crippen LogP contribution < -0.4 is 11.0 Å². The van der Waals surface area contributed by atoms with Gasteiger partial charge in [-0.2, -0.15) is 0 Å². The first-order valence-electron chi connectivity index (χ1n) is 10.1. The van der Waals surface area contributed by atoms with Crippen LogP contribution in [-0.4, -0.2) is 60.6 Å². The minimum atomic E-state index is 0.141. The molecular formula is C20H41N5. The van der Waals surface area contributed by atoms with Crippen LogP contribution in [0.3, 0.4) is 0 Å². The largest absolute Gasteiger partial charge is 0.306 e. The molecule has 2 N–H and O–H groups in total. The third kappa shape index (κ3) is 5.60. The lowest BCUT2D eigenvalue weighted by atomic mass is 9.68. The first-order chi connectivity index (χ1) is 11.6. The highest BCUT2D eigenvalue weighted by atomic mass is 15.7. The fraction of sp³-hybridized carbons (Fsp3) is 0.900. The quantitative estimate of drug-likeness (QED) is 0.703. The molecule has 1 saturated heterocycles. The van der Waals surface area contributed by atoms with Gasteiger partial charge in [-0.15, -0.1) is 5.53 Å². The van der Waals surface area contributed by atoms with Gasteiger partial charge in [0, 0.05) is 50.9 Å². The van der Waals surface area contributed by atoms with Crippen LogP contribution in [0.15, 0.2) is 11.9 Å². The Labute approximate surface area is 155 Å². The smallest absolute Gasteiger partial charge is 0.0509 e. The molecule has 1 fully saturated rings. The molecule has 2 aliphatic heterocycles. The Kier molecular flexibility index (Phi) is 6.80. The van der Waals surface area contributed by atoms with Crippen LogP contribution in [0.1, 0.15) is 54.9 Å². The summed E-state index contributed by atoms with van der Waals surface area (Å²) in [5.74, 6) is 0.680. The third-order valence-electron chi connectivity index (χ3n) is 6.38. The number of nitrogens with one attached hydrogen (secondary N) is 2. The van der Waals surface area contributed by atoms with E-state index in [-0.39, 0.29) is 5.41 Å². The van der Waals surface area contributed by atoms with E-state index >= 15 is 0 Å². The van der Waals surface area contributed by atoms with Crippen LogP contribution in [-0.2, 0) is 0 Å². The molecular weight excluding hydrogens is 310 g/mol. The summed E-state index contributed by atoms with van der Waals surface area (Å²) in [6.07, 6.45) is 3.45. The number of rotatable bonds is 8. The van der Waals surface area contributed by atoms with E-state index in [2.05, 4.69) is 80.4 Å². The second-order valence-corrected chi connectivity index (χ2v) is 9.45. The lowest BCUT2D eigenvalue weighted by molar-refractivity contribution is 0.122. The van der Waals surface area contributed by atoms with Crippen LogP contribution in [0, 0.1) is 16.7 Å². The van der Waals surface area contributed by atoms with Crippen molar-refractivity contribution in [1.82, 2.24) is 25.8 Å². The fourth-order valence-corrected chi connectivity index (χ4v) is 3.83. The standard InChI is InChI=1S/C20H41N5/c1-8-23-9-11-24(12-10-23)13-14-25-15-18(21-22-25)20(6,7)16-19(4,5)17(2)3/h15,17,21-22H,8-14,16H2,1-7H3. The molecule has 0 aromatic rings. The molecule has 0 unspecified atom stereocenters. The molecule has 0 aromatic carbocycles. The summed E-state index contributed by atoms with van der Waals surface area (Å²) in [4.78, 5) is 5.11. The molecule has 0 amide bonds. The van der Waals surface area contributed by atoms with Crippen molar-refractivity contribution in [3.05, 3.63) is 11.9 Å². The third-order valence-corrected chi connectivity index (χ3v) is 6.38. The second kappa shape index (κ2) is 8.28. The summed E-state index contributed by atoms with van der Waals surface area (Å²) in [6.45, 7) is 24.5. The lowest BCUT2D eigenvalue weighted by Gasteiger charge is -2.38. The molecule has 0 radical (unpaired) electrons. The van der Waals surface area contributed by atoms with Crippen molar-refractivity contribution >= 4 is 0 Å². The fourth-order valence-electron chi connectivity index (χ4n) is 3.83. The van der Waals surface area contributed by atoms with Crippen molar-refractivity contribution in [2.45, 2.75) is 54.9 Å². The van der Waals surface area contributed by atoms with Crippen molar-refractivity contribution in [2.75, 3.05) is 45.8 Å². The van der Waals surface area contributed by atoms with Crippen molar-refractivity contribution in [3.8, 4) is 0 Å². The number of nitrogens with zero attached hydrogens (tertiary/aromatic N) is 3. The lowest BCUT2D eigenvalue weighted by Crippen LogP contribution is -2.49. The van der Waals surface area contributed by atoms with Gasteiger partial charge >= 0.3 is 0 Å². The Balaban J connectivity index is 1.83. The molecule has 0 aromatic heterocycles. The Morgan fingerprint density at radius 2 is 1.60 bits per heavy atom. The van der Waals surface area contributed by atoms with E-state index < -0.39 is 0 Å². The highest BCUT2D eigenvalue weighted by Gasteiger charge is 2.35. The number of hydrazine groups is 2. The maximum Gasteiger partial charge on any atom is 0.0509 e. The van der Waals surface area contributed by atoms with E-state index in [4.69, 9.17) is 0 Å². The molecule has 0 bridgehead atoms. The Bertz CT molecular complexity index is 447. The maximum absolute atomic E-state index is 3.42. The molecule has 0 spiro atoms. The molecule has 2 rings (SSSR count). The zero-order chi connectivity index (χ0) is 18.7. The van der Waals surface area contributed by atoms with Crippen molar-refractivity contribution in [1.29, 1.82) is 0 Å². The molecule has 0 saturated carbocycles.